The highest BCUT2D eigenvalue weighted by atomic mass is 15.4. The molecule has 0 aliphatic heterocycles. The number of aromatic nitrogens is 4. The van der Waals surface area contributed by atoms with Crippen molar-refractivity contribution in [2.45, 2.75) is 13.2 Å². The Bertz CT molecular complexity index is 289. The summed E-state index contributed by atoms with van der Waals surface area (Å²) in [5, 5.41) is 7.19. The summed E-state index contributed by atoms with van der Waals surface area (Å²) in [5.74, 6) is 0. The molecule has 2 rings (SSSR count). The second-order valence-corrected chi connectivity index (χ2v) is 2.72. The van der Waals surface area contributed by atoms with Crippen molar-refractivity contribution in [3.8, 4) is 0 Å². The maximum absolute atomic E-state index is 3.97. The van der Waals surface area contributed by atoms with Gasteiger partial charge >= 0.3 is 0 Å². The zero-order valence-electron chi connectivity index (χ0n) is 7.14. The molecule has 0 radical (unpaired) electrons. The third-order valence-corrected chi connectivity index (χ3v) is 1.72. The Kier molecular flexibility index (Phi) is 2.38. The lowest BCUT2D eigenvalue weighted by Gasteiger charge is -2.01. The molecule has 5 nitrogen and oxygen atoms in total. The predicted octanol–water partition coefficient (Wildman–Crippen LogP) is 0.353. The van der Waals surface area contributed by atoms with Gasteiger partial charge < -0.3 is 4.98 Å². The van der Waals surface area contributed by atoms with Crippen molar-refractivity contribution in [1.29, 1.82) is 0 Å². The maximum Gasteiger partial charge on any atom is 0.137 e. The van der Waals surface area contributed by atoms with Crippen LogP contribution in [0.2, 0.25) is 0 Å². The first-order chi connectivity index (χ1) is 6.45. The summed E-state index contributed by atoms with van der Waals surface area (Å²) in [6.45, 7) is 1.49. The average molecular weight is 177 g/mol. The van der Waals surface area contributed by atoms with Crippen LogP contribution in [0.1, 0.15) is 5.69 Å². The molecule has 2 heterocycles. The fraction of sp³-hybridized carbons (Fsp3) is 0.250. The number of hydrogen-bond acceptors (Lipinski definition) is 3. The molecule has 5 heteroatoms. The molecule has 0 spiro atoms. The summed E-state index contributed by atoms with van der Waals surface area (Å²) in [5.41, 5.74) is 1.17. The second-order valence-electron chi connectivity index (χ2n) is 2.72. The largest absolute Gasteiger partial charge is 0.364 e. The van der Waals surface area contributed by atoms with E-state index in [1.807, 2.05) is 18.3 Å². The fourth-order valence-corrected chi connectivity index (χ4v) is 1.10. The molecule has 0 atom stereocenters. The Morgan fingerprint density at radius 1 is 1.54 bits per heavy atom. The summed E-state index contributed by atoms with van der Waals surface area (Å²) in [6, 6.07) is 4.01. The van der Waals surface area contributed by atoms with Gasteiger partial charge in [-0.05, 0) is 12.1 Å². The third kappa shape index (κ3) is 2.16. The molecule has 2 aromatic rings. The van der Waals surface area contributed by atoms with E-state index in [2.05, 4.69) is 20.4 Å². The van der Waals surface area contributed by atoms with Gasteiger partial charge in [0.15, 0.2) is 0 Å². The van der Waals surface area contributed by atoms with Crippen molar-refractivity contribution in [1.82, 2.24) is 25.1 Å². The SMILES string of the molecule is c1c[nH]c(CNCn2cncn2)c1. The fourth-order valence-electron chi connectivity index (χ4n) is 1.10. The topological polar surface area (TPSA) is 58.5 Å². The highest BCUT2D eigenvalue weighted by Gasteiger charge is 1.92. The zero-order chi connectivity index (χ0) is 8.93. The van der Waals surface area contributed by atoms with E-state index in [0.29, 0.717) is 6.67 Å². The van der Waals surface area contributed by atoms with Crippen molar-refractivity contribution < 1.29 is 0 Å². The minimum Gasteiger partial charge on any atom is -0.364 e. The van der Waals surface area contributed by atoms with E-state index >= 15 is 0 Å². The van der Waals surface area contributed by atoms with Gasteiger partial charge in [-0.3, -0.25) is 5.32 Å². The van der Waals surface area contributed by atoms with Crippen molar-refractivity contribution in [2.75, 3.05) is 0 Å². The zero-order valence-corrected chi connectivity index (χ0v) is 7.14. The minimum absolute atomic E-state index is 0.680. The van der Waals surface area contributed by atoms with E-state index in [-0.39, 0.29) is 0 Å². The van der Waals surface area contributed by atoms with Crippen molar-refractivity contribution >= 4 is 0 Å². The number of nitrogens with one attached hydrogen (secondary N) is 2. The lowest BCUT2D eigenvalue weighted by Crippen LogP contribution is -2.18. The standard InChI is InChI=1S/C8H11N5/c1-2-8(11-3-1)4-9-6-13-7-10-5-12-13/h1-3,5,7,9,11H,4,6H2. The molecule has 68 valence electrons. The van der Waals surface area contributed by atoms with Gasteiger partial charge in [-0.1, -0.05) is 0 Å². The first kappa shape index (κ1) is 8.00. The monoisotopic (exact) mass is 177 g/mol. The predicted molar refractivity (Wildman–Crippen MR) is 47.7 cm³/mol. The van der Waals surface area contributed by atoms with Gasteiger partial charge in [0, 0.05) is 18.4 Å². The lowest BCUT2D eigenvalue weighted by molar-refractivity contribution is 0.507. The molecule has 0 fully saturated rings. The Morgan fingerprint density at radius 2 is 2.54 bits per heavy atom. The summed E-state index contributed by atoms with van der Waals surface area (Å²) in [7, 11) is 0. The second kappa shape index (κ2) is 3.86. The van der Waals surface area contributed by atoms with Gasteiger partial charge in [-0.15, -0.1) is 0 Å². The van der Waals surface area contributed by atoms with E-state index in [9.17, 15) is 0 Å². The Morgan fingerprint density at radius 3 is 3.23 bits per heavy atom. The van der Waals surface area contributed by atoms with Crippen LogP contribution in [0.4, 0.5) is 0 Å². The highest BCUT2D eigenvalue weighted by molar-refractivity contribution is 5.02. The van der Waals surface area contributed by atoms with Gasteiger partial charge in [0.25, 0.3) is 0 Å². The van der Waals surface area contributed by atoms with Crippen molar-refractivity contribution in [3.63, 3.8) is 0 Å². The molecule has 0 amide bonds. The van der Waals surface area contributed by atoms with Crippen LogP contribution in [-0.2, 0) is 13.2 Å². The number of nitrogens with zero attached hydrogens (tertiary/aromatic N) is 3. The van der Waals surface area contributed by atoms with Crippen LogP contribution in [0.3, 0.4) is 0 Å². The van der Waals surface area contributed by atoms with Gasteiger partial charge in [0.05, 0.1) is 6.67 Å². The molecule has 0 aliphatic rings. The first-order valence-corrected chi connectivity index (χ1v) is 4.10. The summed E-state index contributed by atoms with van der Waals surface area (Å²) in [4.78, 5) is 6.95. The van der Waals surface area contributed by atoms with Gasteiger partial charge in [0.2, 0.25) is 0 Å². The molecule has 0 aliphatic carbocycles. The summed E-state index contributed by atoms with van der Waals surface area (Å²) < 4.78 is 1.74. The molecule has 0 saturated carbocycles. The van der Waals surface area contributed by atoms with E-state index in [0.717, 1.165) is 6.54 Å². The van der Waals surface area contributed by atoms with Crippen LogP contribution in [-0.4, -0.2) is 19.7 Å². The third-order valence-electron chi connectivity index (χ3n) is 1.72. The molecule has 2 N–H and O–H groups in total. The molecule has 0 aromatic carbocycles. The van der Waals surface area contributed by atoms with E-state index in [1.54, 1.807) is 11.0 Å². The average Bonchev–Trinajstić information content (AvgIpc) is 2.75. The molecule has 0 unspecified atom stereocenters. The van der Waals surface area contributed by atoms with E-state index < -0.39 is 0 Å². The van der Waals surface area contributed by atoms with Crippen LogP contribution in [0.15, 0.2) is 31.0 Å². The van der Waals surface area contributed by atoms with Gasteiger partial charge in [0.1, 0.15) is 12.7 Å². The lowest BCUT2D eigenvalue weighted by atomic mass is 10.4. The Balaban J connectivity index is 1.76. The number of rotatable bonds is 4. The van der Waals surface area contributed by atoms with E-state index in [1.165, 1.54) is 12.0 Å². The van der Waals surface area contributed by atoms with E-state index in [4.69, 9.17) is 0 Å². The molecule has 2 aromatic heterocycles. The maximum atomic E-state index is 3.97. The normalized spacial score (nSPS) is 10.5. The minimum atomic E-state index is 0.680. The number of aromatic amines is 1. The Hall–Kier alpha value is -1.62. The molecule has 0 saturated heterocycles. The molecule has 0 bridgehead atoms. The first-order valence-electron chi connectivity index (χ1n) is 4.10. The molecular formula is C8H11N5. The van der Waals surface area contributed by atoms with Crippen LogP contribution in [0.5, 0.6) is 0 Å². The highest BCUT2D eigenvalue weighted by Crippen LogP contribution is 1.92. The van der Waals surface area contributed by atoms with Crippen LogP contribution in [0, 0.1) is 0 Å². The van der Waals surface area contributed by atoms with Crippen LogP contribution < -0.4 is 5.32 Å². The molecular weight excluding hydrogens is 166 g/mol. The van der Waals surface area contributed by atoms with Gasteiger partial charge in [-0.25, -0.2) is 9.67 Å². The summed E-state index contributed by atoms with van der Waals surface area (Å²) >= 11 is 0. The van der Waals surface area contributed by atoms with Crippen molar-refractivity contribution in [2.24, 2.45) is 0 Å². The molecule has 13 heavy (non-hydrogen) atoms. The Labute approximate surface area is 75.8 Å². The number of H-pyrrole nitrogens is 1. The summed E-state index contributed by atoms with van der Waals surface area (Å²) in [6.07, 6.45) is 5.12. The number of hydrogen-bond donors (Lipinski definition) is 2. The smallest absolute Gasteiger partial charge is 0.137 e. The van der Waals surface area contributed by atoms with Gasteiger partial charge in [-0.2, -0.15) is 5.10 Å². The quantitative estimate of drug-likeness (QED) is 0.708. The van der Waals surface area contributed by atoms with Crippen LogP contribution in [0.25, 0.3) is 0 Å². The van der Waals surface area contributed by atoms with Crippen LogP contribution >= 0.6 is 0 Å². The van der Waals surface area contributed by atoms with Crippen molar-refractivity contribution in [3.05, 3.63) is 36.7 Å².